The fourth-order valence-corrected chi connectivity index (χ4v) is 2.23. The van der Waals surface area contributed by atoms with Crippen molar-refractivity contribution in [3.63, 3.8) is 0 Å². The Morgan fingerprint density at radius 3 is 3.07 bits per heavy atom. The summed E-state index contributed by atoms with van der Waals surface area (Å²) in [6.45, 7) is 0.791. The summed E-state index contributed by atoms with van der Waals surface area (Å²) in [7, 11) is 0. The molecular weight excluding hydrogens is 265 g/mol. The van der Waals surface area contributed by atoms with Gasteiger partial charge in [0, 0.05) is 29.1 Å². The number of hydrogen-bond donors (Lipinski definition) is 0. The standard InChI is InChI=1S/C10H11BrClNO/c11-8-1-2-9(13-6-8)10-7(5-12)3-4-14-10/h1-2,6-7,10H,3-5H2. The molecule has 2 heterocycles. The summed E-state index contributed by atoms with van der Waals surface area (Å²) in [5, 5.41) is 0. The van der Waals surface area contributed by atoms with Crippen LogP contribution in [0.15, 0.2) is 22.8 Å². The second-order valence-electron chi connectivity index (χ2n) is 3.40. The molecule has 2 unspecified atom stereocenters. The largest absolute Gasteiger partial charge is 0.372 e. The van der Waals surface area contributed by atoms with Gasteiger partial charge in [-0.05, 0) is 34.5 Å². The van der Waals surface area contributed by atoms with Gasteiger partial charge in [0.15, 0.2) is 0 Å². The summed E-state index contributed by atoms with van der Waals surface area (Å²) < 4.78 is 6.61. The van der Waals surface area contributed by atoms with E-state index in [1.807, 2.05) is 12.1 Å². The van der Waals surface area contributed by atoms with Crippen LogP contribution in [0.4, 0.5) is 0 Å². The van der Waals surface area contributed by atoms with Crippen LogP contribution in [0.25, 0.3) is 0 Å². The molecule has 76 valence electrons. The summed E-state index contributed by atoms with van der Waals surface area (Å²) >= 11 is 9.22. The highest BCUT2D eigenvalue weighted by Gasteiger charge is 2.29. The summed E-state index contributed by atoms with van der Waals surface area (Å²) in [4.78, 5) is 4.33. The minimum atomic E-state index is 0.0839. The van der Waals surface area contributed by atoms with Crippen molar-refractivity contribution in [1.82, 2.24) is 4.98 Å². The number of alkyl halides is 1. The fraction of sp³-hybridized carbons (Fsp3) is 0.500. The second-order valence-corrected chi connectivity index (χ2v) is 4.62. The molecule has 1 aromatic heterocycles. The molecule has 0 saturated carbocycles. The van der Waals surface area contributed by atoms with Crippen LogP contribution in [0.2, 0.25) is 0 Å². The molecule has 2 nitrogen and oxygen atoms in total. The average Bonchev–Trinajstić information content (AvgIpc) is 2.67. The first-order valence-corrected chi connectivity index (χ1v) is 5.93. The molecule has 0 spiro atoms. The highest BCUT2D eigenvalue weighted by molar-refractivity contribution is 9.10. The lowest BCUT2D eigenvalue weighted by Crippen LogP contribution is -2.10. The van der Waals surface area contributed by atoms with Gasteiger partial charge in [0.25, 0.3) is 0 Å². The average molecular weight is 277 g/mol. The summed E-state index contributed by atoms with van der Waals surface area (Å²) in [5.74, 6) is 1.05. The Hall–Kier alpha value is -0.120. The third-order valence-corrected chi connectivity index (χ3v) is 3.32. The molecule has 1 fully saturated rings. The zero-order valence-electron chi connectivity index (χ0n) is 7.62. The first-order valence-electron chi connectivity index (χ1n) is 4.60. The van der Waals surface area contributed by atoms with Gasteiger partial charge in [-0.2, -0.15) is 0 Å². The van der Waals surface area contributed by atoms with Crippen LogP contribution >= 0.6 is 27.5 Å². The number of rotatable bonds is 2. The smallest absolute Gasteiger partial charge is 0.103 e. The van der Waals surface area contributed by atoms with Gasteiger partial charge in [-0.3, -0.25) is 4.98 Å². The Balaban J connectivity index is 2.17. The van der Waals surface area contributed by atoms with Crippen LogP contribution < -0.4 is 0 Å². The van der Waals surface area contributed by atoms with Crippen molar-refractivity contribution in [2.24, 2.45) is 5.92 Å². The van der Waals surface area contributed by atoms with E-state index in [0.29, 0.717) is 11.8 Å². The number of ether oxygens (including phenoxy) is 1. The van der Waals surface area contributed by atoms with Crippen molar-refractivity contribution < 1.29 is 4.74 Å². The summed E-state index contributed by atoms with van der Waals surface area (Å²) in [6, 6.07) is 3.97. The van der Waals surface area contributed by atoms with Crippen molar-refractivity contribution in [2.75, 3.05) is 12.5 Å². The summed E-state index contributed by atoms with van der Waals surface area (Å²) in [5.41, 5.74) is 0.983. The Morgan fingerprint density at radius 2 is 2.43 bits per heavy atom. The van der Waals surface area contributed by atoms with Crippen LogP contribution in [0.5, 0.6) is 0 Å². The van der Waals surface area contributed by atoms with Crippen LogP contribution in [-0.4, -0.2) is 17.5 Å². The Labute approximate surface area is 96.8 Å². The van der Waals surface area contributed by atoms with Crippen molar-refractivity contribution in [3.05, 3.63) is 28.5 Å². The maximum atomic E-state index is 5.87. The predicted molar refractivity (Wildman–Crippen MR) is 59.5 cm³/mol. The molecule has 14 heavy (non-hydrogen) atoms. The van der Waals surface area contributed by atoms with Gasteiger partial charge >= 0.3 is 0 Å². The van der Waals surface area contributed by atoms with Gasteiger partial charge in [-0.15, -0.1) is 11.6 Å². The molecule has 0 N–H and O–H groups in total. The zero-order valence-corrected chi connectivity index (χ0v) is 9.96. The SMILES string of the molecule is ClCC1CCOC1c1ccc(Br)cn1. The van der Waals surface area contributed by atoms with Gasteiger partial charge in [0.2, 0.25) is 0 Å². The van der Waals surface area contributed by atoms with E-state index in [1.165, 1.54) is 0 Å². The molecule has 1 aliphatic rings. The quantitative estimate of drug-likeness (QED) is 0.774. The first-order chi connectivity index (χ1) is 6.81. The van der Waals surface area contributed by atoms with Crippen molar-refractivity contribution in [1.29, 1.82) is 0 Å². The Bertz CT molecular complexity index is 303. The number of halogens is 2. The van der Waals surface area contributed by atoms with Gasteiger partial charge in [0.1, 0.15) is 6.10 Å². The van der Waals surface area contributed by atoms with Crippen LogP contribution in [0.3, 0.4) is 0 Å². The van der Waals surface area contributed by atoms with E-state index in [-0.39, 0.29) is 6.10 Å². The highest BCUT2D eigenvalue weighted by Crippen LogP contribution is 2.34. The maximum absolute atomic E-state index is 5.87. The predicted octanol–water partition coefficient (Wildman–Crippen LogP) is 3.16. The number of pyridine rings is 1. The normalized spacial score (nSPS) is 26.7. The lowest BCUT2D eigenvalue weighted by atomic mass is 10.0. The molecular formula is C10H11BrClNO. The van der Waals surface area contributed by atoms with E-state index < -0.39 is 0 Å². The molecule has 2 rings (SSSR count). The first kappa shape index (κ1) is 10.4. The van der Waals surface area contributed by atoms with Gasteiger partial charge in [0.05, 0.1) is 5.69 Å². The van der Waals surface area contributed by atoms with Crippen molar-refractivity contribution in [3.8, 4) is 0 Å². The molecule has 1 saturated heterocycles. The highest BCUT2D eigenvalue weighted by atomic mass is 79.9. The third kappa shape index (κ3) is 2.10. The van der Waals surface area contributed by atoms with E-state index in [0.717, 1.165) is 23.2 Å². The van der Waals surface area contributed by atoms with E-state index in [1.54, 1.807) is 6.20 Å². The third-order valence-electron chi connectivity index (χ3n) is 2.45. The molecule has 1 aliphatic heterocycles. The van der Waals surface area contributed by atoms with Crippen LogP contribution in [0, 0.1) is 5.92 Å². The molecule has 2 atom stereocenters. The molecule has 0 bridgehead atoms. The van der Waals surface area contributed by atoms with Gasteiger partial charge in [-0.1, -0.05) is 0 Å². The van der Waals surface area contributed by atoms with Crippen LogP contribution in [-0.2, 0) is 4.74 Å². The van der Waals surface area contributed by atoms with E-state index in [2.05, 4.69) is 20.9 Å². The molecule has 0 aromatic carbocycles. The number of aromatic nitrogens is 1. The molecule has 1 aromatic rings. The van der Waals surface area contributed by atoms with Crippen molar-refractivity contribution in [2.45, 2.75) is 12.5 Å². The molecule has 4 heteroatoms. The fourth-order valence-electron chi connectivity index (χ4n) is 1.67. The van der Waals surface area contributed by atoms with Crippen molar-refractivity contribution >= 4 is 27.5 Å². The number of hydrogen-bond acceptors (Lipinski definition) is 2. The number of nitrogens with zero attached hydrogens (tertiary/aromatic N) is 1. The molecule has 0 aliphatic carbocycles. The zero-order chi connectivity index (χ0) is 9.97. The molecule has 0 radical (unpaired) electrons. The maximum Gasteiger partial charge on any atom is 0.103 e. The van der Waals surface area contributed by atoms with E-state index in [9.17, 15) is 0 Å². The minimum Gasteiger partial charge on any atom is -0.372 e. The Morgan fingerprint density at radius 1 is 1.57 bits per heavy atom. The minimum absolute atomic E-state index is 0.0839. The lowest BCUT2D eigenvalue weighted by molar-refractivity contribution is 0.0917. The topological polar surface area (TPSA) is 22.1 Å². The molecule has 0 amide bonds. The van der Waals surface area contributed by atoms with Crippen LogP contribution in [0.1, 0.15) is 18.2 Å². The van der Waals surface area contributed by atoms with Gasteiger partial charge < -0.3 is 4.74 Å². The summed E-state index contributed by atoms with van der Waals surface area (Å²) in [6.07, 6.45) is 2.91. The lowest BCUT2D eigenvalue weighted by Gasteiger charge is -2.15. The van der Waals surface area contributed by atoms with E-state index >= 15 is 0 Å². The second kappa shape index (κ2) is 4.60. The van der Waals surface area contributed by atoms with Gasteiger partial charge in [-0.25, -0.2) is 0 Å². The van der Waals surface area contributed by atoms with E-state index in [4.69, 9.17) is 16.3 Å². The Kier molecular flexibility index (Phi) is 3.42. The monoisotopic (exact) mass is 275 g/mol.